The molecule has 1 aromatic heterocycles. The lowest BCUT2D eigenvalue weighted by Gasteiger charge is -2.22. The molecule has 0 unspecified atom stereocenters. The first kappa shape index (κ1) is 18.9. The number of rotatable bonds is 7. The highest BCUT2D eigenvalue weighted by Gasteiger charge is 2.20. The molecule has 1 amide bonds. The molecular weight excluding hydrogens is 346 g/mol. The number of allylic oxidation sites excluding steroid dienone is 2. The summed E-state index contributed by atoms with van der Waals surface area (Å²) in [4.78, 5) is 34.1. The molecule has 0 bridgehead atoms. The average Bonchev–Trinajstić information content (AvgIpc) is 3.18. The van der Waals surface area contributed by atoms with Crippen LogP contribution in [0.25, 0.3) is 10.9 Å². The number of H-pyrrole nitrogens is 1. The van der Waals surface area contributed by atoms with E-state index in [0.29, 0.717) is 47.1 Å². The molecule has 7 nitrogen and oxygen atoms in total. The van der Waals surface area contributed by atoms with Crippen LogP contribution in [0.1, 0.15) is 32.0 Å². The Morgan fingerprint density at radius 1 is 1.30 bits per heavy atom. The zero-order valence-corrected chi connectivity index (χ0v) is 15.9. The molecule has 0 spiro atoms. The summed E-state index contributed by atoms with van der Waals surface area (Å²) in [5.74, 6) is 1.82. The van der Waals surface area contributed by atoms with Crippen molar-refractivity contribution in [2.24, 2.45) is 5.92 Å². The zero-order chi connectivity index (χ0) is 19.4. The fourth-order valence-corrected chi connectivity index (χ4v) is 3.37. The molecule has 3 rings (SSSR count). The van der Waals surface area contributed by atoms with Crippen LogP contribution in [0.4, 0.5) is 0 Å². The van der Waals surface area contributed by atoms with Gasteiger partial charge in [-0.25, -0.2) is 4.98 Å². The van der Waals surface area contributed by atoms with Crippen LogP contribution in [-0.2, 0) is 11.3 Å². The monoisotopic (exact) mass is 371 g/mol. The van der Waals surface area contributed by atoms with Gasteiger partial charge in [-0.1, -0.05) is 12.2 Å². The number of carbonyl (C=O) groups is 1. The highest BCUT2D eigenvalue weighted by Crippen LogP contribution is 2.30. The summed E-state index contributed by atoms with van der Waals surface area (Å²) >= 11 is 0. The third-order valence-electron chi connectivity index (χ3n) is 4.88. The highest BCUT2D eigenvalue weighted by molar-refractivity contribution is 5.82. The van der Waals surface area contributed by atoms with Crippen molar-refractivity contribution < 1.29 is 14.3 Å². The van der Waals surface area contributed by atoms with Gasteiger partial charge in [0.25, 0.3) is 5.56 Å². The normalized spacial score (nSPS) is 15.9. The molecule has 144 valence electrons. The van der Waals surface area contributed by atoms with Gasteiger partial charge in [-0.3, -0.25) is 9.59 Å². The summed E-state index contributed by atoms with van der Waals surface area (Å²) in [5, 5.41) is 0.418. The second-order valence-corrected chi connectivity index (χ2v) is 6.61. The van der Waals surface area contributed by atoms with Gasteiger partial charge in [-0.15, -0.1) is 0 Å². The van der Waals surface area contributed by atoms with Crippen LogP contribution in [0.2, 0.25) is 0 Å². The Balaban J connectivity index is 1.85. The van der Waals surface area contributed by atoms with Crippen LogP contribution in [0, 0.1) is 5.92 Å². The lowest BCUT2D eigenvalue weighted by Crippen LogP contribution is -2.32. The zero-order valence-electron chi connectivity index (χ0n) is 15.9. The van der Waals surface area contributed by atoms with Gasteiger partial charge < -0.3 is 19.4 Å². The van der Waals surface area contributed by atoms with Crippen LogP contribution in [0.3, 0.4) is 0 Å². The van der Waals surface area contributed by atoms with Crippen molar-refractivity contribution in [2.75, 3.05) is 20.8 Å². The molecule has 1 aromatic carbocycles. The summed E-state index contributed by atoms with van der Waals surface area (Å²) in [7, 11) is 3.05. The van der Waals surface area contributed by atoms with E-state index < -0.39 is 0 Å². The Labute approximate surface area is 158 Å². The van der Waals surface area contributed by atoms with E-state index in [1.807, 2.05) is 6.92 Å². The summed E-state index contributed by atoms with van der Waals surface area (Å²) in [6.07, 6.45) is 6.79. The molecule has 1 N–H and O–H groups in total. The minimum Gasteiger partial charge on any atom is -0.493 e. The third kappa shape index (κ3) is 4.13. The summed E-state index contributed by atoms with van der Waals surface area (Å²) < 4.78 is 10.5. The number of hydrogen-bond donors (Lipinski definition) is 1. The molecule has 0 radical (unpaired) electrons. The van der Waals surface area contributed by atoms with Crippen molar-refractivity contribution in [3.05, 3.63) is 40.5 Å². The highest BCUT2D eigenvalue weighted by atomic mass is 16.5. The lowest BCUT2D eigenvalue weighted by molar-refractivity contribution is -0.132. The number of nitrogens with one attached hydrogen (secondary N) is 1. The van der Waals surface area contributed by atoms with Crippen molar-refractivity contribution in [1.29, 1.82) is 0 Å². The van der Waals surface area contributed by atoms with Gasteiger partial charge >= 0.3 is 0 Å². The minimum absolute atomic E-state index is 0.0732. The van der Waals surface area contributed by atoms with Gasteiger partial charge in [-0.2, -0.15) is 0 Å². The molecule has 27 heavy (non-hydrogen) atoms. The van der Waals surface area contributed by atoms with E-state index in [-0.39, 0.29) is 18.0 Å². The predicted octanol–water partition coefficient (Wildman–Crippen LogP) is 2.65. The number of nitrogens with zero attached hydrogens (tertiary/aromatic N) is 2. The number of hydrogen-bond acceptors (Lipinski definition) is 5. The van der Waals surface area contributed by atoms with E-state index in [1.165, 1.54) is 14.2 Å². The number of benzene rings is 1. The standard InChI is InChI=1S/C20H25N3O4/c1-4-23(19(24)9-13-7-5-6-8-13)12-18-21-15-11-17(27-3)16(26-2)10-14(15)20(25)22-18/h5,7,10-11,13H,4,6,8-9,12H2,1-3H3,(H,21,22,25)/t13-/m1/s1. The van der Waals surface area contributed by atoms with Gasteiger partial charge in [0.2, 0.25) is 5.91 Å². The first-order valence-electron chi connectivity index (χ1n) is 9.15. The van der Waals surface area contributed by atoms with E-state index in [2.05, 4.69) is 22.1 Å². The molecule has 0 saturated carbocycles. The third-order valence-corrected chi connectivity index (χ3v) is 4.88. The second-order valence-electron chi connectivity index (χ2n) is 6.61. The number of methoxy groups -OCH3 is 2. The molecule has 1 aliphatic rings. The molecule has 0 fully saturated rings. The number of carbonyl (C=O) groups excluding carboxylic acids is 1. The summed E-state index contributed by atoms with van der Waals surface area (Å²) in [5.41, 5.74) is 0.242. The number of amides is 1. The Morgan fingerprint density at radius 3 is 2.67 bits per heavy atom. The Bertz CT molecular complexity index is 919. The van der Waals surface area contributed by atoms with Crippen LogP contribution < -0.4 is 15.0 Å². The largest absolute Gasteiger partial charge is 0.493 e. The molecule has 2 aromatic rings. The van der Waals surface area contributed by atoms with Gasteiger partial charge in [0, 0.05) is 19.0 Å². The minimum atomic E-state index is -0.266. The maximum Gasteiger partial charge on any atom is 0.258 e. The Morgan fingerprint density at radius 2 is 2.04 bits per heavy atom. The van der Waals surface area contributed by atoms with Gasteiger partial charge in [-0.05, 0) is 31.7 Å². The van der Waals surface area contributed by atoms with Crippen molar-refractivity contribution in [2.45, 2.75) is 32.7 Å². The molecule has 1 atom stereocenters. The number of aromatic nitrogens is 2. The van der Waals surface area contributed by atoms with Crippen molar-refractivity contribution >= 4 is 16.8 Å². The topological polar surface area (TPSA) is 84.5 Å². The molecule has 0 aliphatic heterocycles. The van der Waals surface area contributed by atoms with E-state index in [1.54, 1.807) is 17.0 Å². The first-order valence-corrected chi connectivity index (χ1v) is 9.15. The van der Waals surface area contributed by atoms with E-state index in [9.17, 15) is 9.59 Å². The fraction of sp³-hybridized carbons (Fsp3) is 0.450. The van der Waals surface area contributed by atoms with Crippen LogP contribution in [0.15, 0.2) is 29.1 Å². The molecule has 0 saturated heterocycles. The Hall–Kier alpha value is -2.83. The SMILES string of the molecule is CCN(Cc1nc2cc(OC)c(OC)cc2c(=O)[nH]1)C(=O)C[C@@H]1C=CCC1. The maximum absolute atomic E-state index is 12.6. The number of fused-ring (bicyclic) bond motifs is 1. The maximum atomic E-state index is 12.6. The van der Waals surface area contributed by atoms with Crippen molar-refractivity contribution in [3.63, 3.8) is 0 Å². The van der Waals surface area contributed by atoms with Gasteiger partial charge in [0.05, 0.1) is 31.7 Å². The van der Waals surface area contributed by atoms with E-state index in [0.717, 1.165) is 12.8 Å². The average molecular weight is 371 g/mol. The van der Waals surface area contributed by atoms with E-state index in [4.69, 9.17) is 9.47 Å². The second kappa shape index (κ2) is 8.24. The Kier molecular flexibility index (Phi) is 5.78. The van der Waals surface area contributed by atoms with Crippen molar-refractivity contribution in [1.82, 2.24) is 14.9 Å². The van der Waals surface area contributed by atoms with E-state index >= 15 is 0 Å². The van der Waals surface area contributed by atoms with Crippen LogP contribution in [-0.4, -0.2) is 41.5 Å². The smallest absolute Gasteiger partial charge is 0.258 e. The lowest BCUT2D eigenvalue weighted by atomic mass is 10.0. The number of ether oxygens (including phenoxy) is 2. The quantitative estimate of drug-likeness (QED) is 0.757. The van der Waals surface area contributed by atoms with Gasteiger partial charge in [0.15, 0.2) is 11.5 Å². The molecule has 7 heteroatoms. The molecule has 1 heterocycles. The number of aromatic amines is 1. The first-order chi connectivity index (χ1) is 13.0. The van der Waals surface area contributed by atoms with Crippen LogP contribution in [0.5, 0.6) is 11.5 Å². The van der Waals surface area contributed by atoms with Gasteiger partial charge in [0.1, 0.15) is 5.82 Å². The molecule has 1 aliphatic carbocycles. The summed E-state index contributed by atoms with van der Waals surface area (Å²) in [6.45, 7) is 2.75. The van der Waals surface area contributed by atoms with Crippen LogP contribution >= 0.6 is 0 Å². The predicted molar refractivity (Wildman–Crippen MR) is 103 cm³/mol. The van der Waals surface area contributed by atoms with Crippen molar-refractivity contribution in [3.8, 4) is 11.5 Å². The summed E-state index contributed by atoms with van der Waals surface area (Å²) in [6, 6.07) is 3.29. The fourth-order valence-electron chi connectivity index (χ4n) is 3.37. The molecular formula is C20H25N3O4.